The predicted octanol–water partition coefficient (Wildman–Crippen LogP) is 10.1. The van der Waals surface area contributed by atoms with E-state index in [4.69, 9.17) is 9.47 Å². The van der Waals surface area contributed by atoms with Crippen LogP contribution >= 0.6 is 0 Å². The minimum Gasteiger partial charge on any atom is -0.392 e. The van der Waals surface area contributed by atoms with Crippen molar-refractivity contribution in [2.75, 3.05) is 19.6 Å². The Morgan fingerprint density at radius 2 is 1.35 bits per heavy atom. The maximum Gasteiger partial charge on any atom is 0.217 e. The van der Waals surface area contributed by atoms with Crippen LogP contribution < -0.4 is 5.32 Å². The Morgan fingerprint density at radius 3 is 1.98 bits per heavy atom. The molecule has 1 aliphatic heterocycles. The summed E-state index contributed by atoms with van der Waals surface area (Å²) in [6, 6.07) is 25.0. The molecule has 1 saturated heterocycles. The van der Waals surface area contributed by atoms with Gasteiger partial charge in [-0.15, -0.1) is 0 Å². The molecular formula is C43H62N2O4. The number of amides is 1. The lowest BCUT2D eigenvalue weighted by molar-refractivity contribution is -0.253. The van der Waals surface area contributed by atoms with E-state index in [2.05, 4.69) is 72.6 Å². The van der Waals surface area contributed by atoms with E-state index < -0.39 is 6.29 Å². The normalized spacial score (nSPS) is 17.8. The Labute approximate surface area is 296 Å². The van der Waals surface area contributed by atoms with E-state index in [1.54, 1.807) is 6.92 Å². The molecule has 6 nitrogen and oxygen atoms in total. The Morgan fingerprint density at radius 1 is 0.735 bits per heavy atom. The molecule has 0 spiro atoms. The number of hydrogen-bond donors (Lipinski definition) is 2. The van der Waals surface area contributed by atoms with Crippen LogP contribution in [0.15, 0.2) is 72.8 Å². The van der Waals surface area contributed by atoms with Crippen molar-refractivity contribution in [3.05, 3.63) is 95.1 Å². The Kier molecular flexibility index (Phi) is 17.3. The van der Waals surface area contributed by atoms with Gasteiger partial charge in [0.15, 0.2) is 6.29 Å². The molecule has 0 saturated carbocycles. The lowest BCUT2D eigenvalue weighted by atomic mass is 9.98. The van der Waals surface area contributed by atoms with Crippen LogP contribution in [-0.4, -0.2) is 41.7 Å². The van der Waals surface area contributed by atoms with Crippen LogP contribution in [0.25, 0.3) is 11.1 Å². The first-order valence-corrected chi connectivity index (χ1v) is 19.2. The molecule has 6 heteroatoms. The SMILES string of the molecule is CCCCCCCCN(CCCCCCCC)C[C@H]1C[C@@H](c2ccc(CO)cc2)O[C@@H](c2cccc(-c3cccc(CNC(C)=O)c3)c2)O1. The molecule has 3 aromatic carbocycles. The number of rotatable bonds is 22. The lowest BCUT2D eigenvalue weighted by Gasteiger charge is -2.38. The fraction of sp³-hybridized carbons (Fsp3) is 0.558. The maximum atomic E-state index is 11.5. The number of carbonyl (C=O) groups is 1. The molecule has 0 aromatic heterocycles. The van der Waals surface area contributed by atoms with Gasteiger partial charge < -0.3 is 24.8 Å². The third-order valence-corrected chi connectivity index (χ3v) is 9.69. The zero-order valence-corrected chi connectivity index (χ0v) is 30.5. The van der Waals surface area contributed by atoms with Crippen LogP contribution in [0.5, 0.6) is 0 Å². The summed E-state index contributed by atoms with van der Waals surface area (Å²) in [7, 11) is 0. The standard InChI is InChI=1S/C43H62N2O4/c1-4-6-8-10-12-14-26-45(27-15-13-11-9-7-5-2)32-41-30-42(37-24-22-35(33-46)23-25-37)49-43(48-41)40-21-17-20-39(29-40)38-19-16-18-36(28-38)31-44-34(3)47/h16-25,28-29,41-43,46H,4-15,26-27,30-33H2,1-3H3,(H,44,47)/t41-,42+,43+/m1/s1. The molecule has 1 heterocycles. The summed E-state index contributed by atoms with van der Waals surface area (Å²) >= 11 is 0. The van der Waals surface area contributed by atoms with Crippen molar-refractivity contribution in [1.29, 1.82) is 0 Å². The highest BCUT2D eigenvalue weighted by Gasteiger charge is 2.33. The van der Waals surface area contributed by atoms with Gasteiger partial charge >= 0.3 is 0 Å². The summed E-state index contributed by atoms with van der Waals surface area (Å²) in [5.74, 6) is -0.0355. The highest BCUT2D eigenvalue weighted by atomic mass is 16.7. The van der Waals surface area contributed by atoms with Crippen molar-refractivity contribution < 1.29 is 19.4 Å². The molecule has 4 rings (SSSR count). The van der Waals surface area contributed by atoms with E-state index in [9.17, 15) is 9.90 Å². The molecule has 1 amide bonds. The Bertz CT molecular complexity index is 1340. The third-order valence-electron chi connectivity index (χ3n) is 9.69. The summed E-state index contributed by atoms with van der Waals surface area (Å²) in [5, 5.41) is 12.6. The van der Waals surface area contributed by atoms with Gasteiger partial charge in [0.2, 0.25) is 5.91 Å². The van der Waals surface area contributed by atoms with E-state index >= 15 is 0 Å². The molecule has 2 N–H and O–H groups in total. The molecule has 0 radical (unpaired) electrons. The first kappa shape index (κ1) is 38.8. The second-order valence-corrected chi connectivity index (χ2v) is 13.9. The number of aliphatic hydroxyl groups excluding tert-OH is 1. The summed E-state index contributed by atoms with van der Waals surface area (Å²) in [6.07, 6.45) is 15.9. The van der Waals surface area contributed by atoms with E-state index in [1.165, 1.54) is 77.0 Å². The van der Waals surface area contributed by atoms with Crippen molar-refractivity contribution in [1.82, 2.24) is 10.2 Å². The van der Waals surface area contributed by atoms with Gasteiger partial charge in [0, 0.05) is 32.0 Å². The topological polar surface area (TPSA) is 71.0 Å². The first-order valence-electron chi connectivity index (χ1n) is 19.2. The van der Waals surface area contributed by atoms with Gasteiger partial charge in [0.1, 0.15) is 0 Å². The van der Waals surface area contributed by atoms with Crippen LogP contribution in [0.4, 0.5) is 0 Å². The van der Waals surface area contributed by atoms with Crippen LogP contribution in [0.1, 0.15) is 139 Å². The fourth-order valence-corrected chi connectivity index (χ4v) is 6.80. The van der Waals surface area contributed by atoms with Crippen molar-refractivity contribution in [2.24, 2.45) is 0 Å². The molecule has 0 aliphatic carbocycles. The monoisotopic (exact) mass is 670 g/mol. The molecule has 3 aromatic rings. The van der Waals surface area contributed by atoms with Crippen LogP contribution in [0.3, 0.4) is 0 Å². The summed E-state index contributed by atoms with van der Waals surface area (Å²) in [5.41, 5.74) is 6.28. The molecule has 3 atom stereocenters. The summed E-state index contributed by atoms with van der Waals surface area (Å²) in [4.78, 5) is 14.2. The van der Waals surface area contributed by atoms with Gasteiger partial charge in [-0.25, -0.2) is 0 Å². The van der Waals surface area contributed by atoms with E-state index in [1.807, 2.05) is 24.3 Å². The average molecular weight is 671 g/mol. The quantitative estimate of drug-likeness (QED) is 0.104. The van der Waals surface area contributed by atoms with Crippen LogP contribution in [0, 0.1) is 0 Å². The highest BCUT2D eigenvalue weighted by molar-refractivity contribution is 5.73. The number of unbranched alkanes of at least 4 members (excludes halogenated alkanes) is 10. The predicted molar refractivity (Wildman–Crippen MR) is 201 cm³/mol. The van der Waals surface area contributed by atoms with E-state index in [0.29, 0.717) is 6.54 Å². The number of nitrogens with zero attached hydrogens (tertiary/aromatic N) is 1. The first-order chi connectivity index (χ1) is 24.0. The van der Waals surface area contributed by atoms with E-state index in [0.717, 1.165) is 59.4 Å². The van der Waals surface area contributed by atoms with Gasteiger partial charge in [-0.2, -0.15) is 0 Å². The molecule has 0 unspecified atom stereocenters. The molecule has 1 aliphatic rings. The second kappa shape index (κ2) is 21.9. The molecule has 1 fully saturated rings. The largest absolute Gasteiger partial charge is 0.392 e. The van der Waals surface area contributed by atoms with Crippen molar-refractivity contribution in [3.8, 4) is 11.1 Å². The van der Waals surface area contributed by atoms with Crippen molar-refractivity contribution in [2.45, 2.75) is 136 Å². The number of hydrogen-bond acceptors (Lipinski definition) is 5. The van der Waals surface area contributed by atoms with Gasteiger partial charge in [0.25, 0.3) is 0 Å². The van der Waals surface area contributed by atoms with Crippen molar-refractivity contribution in [3.63, 3.8) is 0 Å². The molecule has 0 bridgehead atoms. The van der Waals surface area contributed by atoms with Gasteiger partial charge in [-0.3, -0.25) is 4.79 Å². The average Bonchev–Trinajstić information content (AvgIpc) is 3.13. The van der Waals surface area contributed by atoms with Crippen molar-refractivity contribution >= 4 is 5.91 Å². The second-order valence-electron chi connectivity index (χ2n) is 13.9. The number of nitrogens with one attached hydrogen (secondary N) is 1. The van der Waals surface area contributed by atoms with Crippen LogP contribution in [0.2, 0.25) is 0 Å². The fourth-order valence-electron chi connectivity index (χ4n) is 6.80. The zero-order valence-electron chi connectivity index (χ0n) is 30.5. The highest BCUT2D eigenvalue weighted by Crippen LogP contribution is 2.39. The Balaban J connectivity index is 1.51. The summed E-state index contributed by atoms with van der Waals surface area (Å²) < 4.78 is 13.6. The number of benzene rings is 3. The number of ether oxygens (including phenoxy) is 2. The third kappa shape index (κ3) is 13.7. The van der Waals surface area contributed by atoms with E-state index in [-0.39, 0.29) is 24.7 Å². The smallest absolute Gasteiger partial charge is 0.217 e. The minimum atomic E-state index is -0.492. The Hall–Kier alpha value is -3.03. The van der Waals surface area contributed by atoms with Gasteiger partial charge in [0.05, 0.1) is 18.8 Å². The van der Waals surface area contributed by atoms with Crippen LogP contribution in [-0.2, 0) is 27.4 Å². The van der Waals surface area contributed by atoms with Gasteiger partial charge in [-0.05, 0) is 65.9 Å². The minimum absolute atomic E-state index is 0.0326. The number of carbonyl (C=O) groups excluding carboxylic acids is 1. The lowest BCUT2D eigenvalue weighted by Crippen LogP contribution is -2.40. The van der Waals surface area contributed by atoms with Gasteiger partial charge in [-0.1, -0.05) is 139 Å². The molecule has 49 heavy (non-hydrogen) atoms. The molecular weight excluding hydrogens is 608 g/mol. The maximum absolute atomic E-state index is 11.5. The zero-order chi connectivity index (χ0) is 34.7. The molecule has 268 valence electrons. The number of aliphatic hydroxyl groups is 1. The summed E-state index contributed by atoms with van der Waals surface area (Å²) in [6.45, 7) is 9.78.